The fourth-order valence-corrected chi connectivity index (χ4v) is 4.62. The van der Waals surface area contributed by atoms with Crippen molar-refractivity contribution in [3.8, 4) is 11.5 Å². The summed E-state index contributed by atoms with van der Waals surface area (Å²) in [4.78, 5) is 0.0214. The normalized spacial score (nSPS) is 21.8. The van der Waals surface area contributed by atoms with Gasteiger partial charge in [-0.25, -0.2) is 8.42 Å². The molecule has 2 rings (SSSR count). The van der Waals surface area contributed by atoms with Crippen molar-refractivity contribution in [2.75, 3.05) is 33.9 Å². The first-order valence-electron chi connectivity index (χ1n) is 6.89. The summed E-state index contributed by atoms with van der Waals surface area (Å²) in [6.07, 6.45) is 0.730. The maximum absolute atomic E-state index is 12.8. The van der Waals surface area contributed by atoms with E-state index < -0.39 is 10.0 Å². The molecule has 1 aliphatic rings. The smallest absolute Gasteiger partial charge is 0.244 e. The molecule has 9 heteroatoms. The van der Waals surface area contributed by atoms with E-state index in [-0.39, 0.29) is 27.7 Å². The van der Waals surface area contributed by atoms with Crippen LogP contribution in [0.4, 0.5) is 0 Å². The number of hydrogen-bond acceptors (Lipinski definition) is 5. The van der Waals surface area contributed by atoms with Gasteiger partial charge in [-0.3, -0.25) is 0 Å². The summed E-state index contributed by atoms with van der Waals surface area (Å²) in [5.74, 6) is 0.714. The van der Waals surface area contributed by atoms with Crippen molar-refractivity contribution >= 4 is 34.0 Å². The molecule has 1 atom stereocenters. The van der Waals surface area contributed by atoms with Gasteiger partial charge < -0.3 is 15.2 Å². The second kappa shape index (κ2) is 7.44. The lowest BCUT2D eigenvalue weighted by molar-refractivity contribution is 0.348. The monoisotopic (exact) mass is 384 g/mol. The first-order chi connectivity index (χ1) is 10.3. The van der Waals surface area contributed by atoms with Crippen LogP contribution in [0.3, 0.4) is 0 Å². The second-order valence-corrected chi connectivity index (χ2v) is 8.05. The molecule has 0 bridgehead atoms. The van der Waals surface area contributed by atoms with Gasteiger partial charge in [0.15, 0.2) is 11.5 Å². The summed E-state index contributed by atoms with van der Waals surface area (Å²) in [5.41, 5.74) is 5.54. The number of hydrogen-bond donors (Lipinski definition) is 1. The van der Waals surface area contributed by atoms with Crippen LogP contribution in [0.5, 0.6) is 11.5 Å². The fraction of sp³-hybridized carbons (Fsp3) is 0.571. The van der Waals surface area contributed by atoms with Crippen LogP contribution in [0.25, 0.3) is 0 Å². The van der Waals surface area contributed by atoms with Crippen molar-refractivity contribution in [1.82, 2.24) is 4.31 Å². The van der Waals surface area contributed by atoms with Gasteiger partial charge in [0, 0.05) is 25.2 Å². The minimum Gasteiger partial charge on any atom is -0.493 e. The molecule has 1 unspecified atom stereocenters. The second-order valence-electron chi connectivity index (χ2n) is 5.74. The van der Waals surface area contributed by atoms with Gasteiger partial charge in [-0.2, -0.15) is 4.31 Å². The van der Waals surface area contributed by atoms with Gasteiger partial charge in [0.2, 0.25) is 10.0 Å². The van der Waals surface area contributed by atoms with E-state index in [4.69, 9.17) is 26.8 Å². The molecule has 1 aliphatic heterocycles. The Morgan fingerprint density at radius 1 is 1.30 bits per heavy atom. The largest absolute Gasteiger partial charge is 0.493 e. The predicted octanol–water partition coefficient (Wildman–Crippen LogP) is 2.14. The highest BCUT2D eigenvalue weighted by Gasteiger charge is 2.40. The van der Waals surface area contributed by atoms with Crippen LogP contribution in [-0.4, -0.2) is 46.6 Å². The molecule has 1 aromatic rings. The standard InChI is InChI=1S/C14H21ClN2O4S.ClH/c1-14(8-16)4-5-17(9-14)22(18,19)13-7-12(21-3)11(20-2)6-10(13)15;/h6-7H,4-5,8-9,16H2,1-3H3;1H. The highest BCUT2D eigenvalue weighted by atomic mass is 35.5. The molecule has 132 valence electrons. The number of ether oxygens (including phenoxy) is 2. The molecule has 0 amide bonds. The van der Waals surface area contributed by atoms with E-state index >= 15 is 0 Å². The third-order valence-electron chi connectivity index (χ3n) is 4.07. The van der Waals surface area contributed by atoms with Crippen molar-refractivity contribution in [2.45, 2.75) is 18.2 Å². The van der Waals surface area contributed by atoms with Gasteiger partial charge >= 0.3 is 0 Å². The van der Waals surface area contributed by atoms with Crippen LogP contribution in [0.2, 0.25) is 5.02 Å². The number of nitrogens with two attached hydrogens (primary N) is 1. The molecule has 0 spiro atoms. The Bertz CT molecular complexity index is 669. The third kappa shape index (κ3) is 3.85. The lowest BCUT2D eigenvalue weighted by atomic mass is 9.90. The number of benzene rings is 1. The fourth-order valence-electron chi connectivity index (χ4n) is 2.52. The Hall–Kier alpha value is -0.730. The number of rotatable bonds is 5. The zero-order valence-electron chi connectivity index (χ0n) is 13.3. The van der Waals surface area contributed by atoms with Crippen molar-refractivity contribution < 1.29 is 17.9 Å². The molecule has 0 aliphatic carbocycles. The van der Waals surface area contributed by atoms with Crippen LogP contribution in [0.1, 0.15) is 13.3 Å². The lowest BCUT2D eigenvalue weighted by Crippen LogP contribution is -2.34. The molecule has 23 heavy (non-hydrogen) atoms. The van der Waals surface area contributed by atoms with E-state index in [1.807, 2.05) is 6.92 Å². The highest BCUT2D eigenvalue weighted by Crippen LogP contribution is 2.39. The van der Waals surface area contributed by atoms with Crippen molar-refractivity contribution in [2.24, 2.45) is 11.1 Å². The first kappa shape index (κ1) is 20.3. The molecule has 0 radical (unpaired) electrons. The van der Waals surface area contributed by atoms with Gasteiger partial charge in [0.1, 0.15) is 4.90 Å². The van der Waals surface area contributed by atoms with Crippen LogP contribution in [0.15, 0.2) is 17.0 Å². The van der Waals surface area contributed by atoms with Crippen LogP contribution < -0.4 is 15.2 Å². The topological polar surface area (TPSA) is 81.9 Å². The molecule has 6 nitrogen and oxygen atoms in total. The molecule has 0 aromatic heterocycles. The number of nitrogens with zero attached hydrogens (tertiary/aromatic N) is 1. The average Bonchev–Trinajstić information content (AvgIpc) is 2.90. The molecular formula is C14H22Cl2N2O4S. The SMILES string of the molecule is COc1cc(Cl)c(S(=O)(=O)N2CCC(C)(CN)C2)cc1OC.Cl. The van der Waals surface area contributed by atoms with Crippen molar-refractivity contribution in [1.29, 1.82) is 0 Å². The van der Waals surface area contributed by atoms with Gasteiger partial charge in [-0.05, 0) is 18.4 Å². The molecule has 2 N–H and O–H groups in total. The minimum absolute atomic E-state index is 0. The van der Waals surface area contributed by atoms with E-state index in [0.29, 0.717) is 31.1 Å². The quantitative estimate of drug-likeness (QED) is 0.840. The van der Waals surface area contributed by atoms with Crippen LogP contribution >= 0.6 is 24.0 Å². The van der Waals surface area contributed by atoms with Gasteiger partial charge in [0.25, 0.3) is 0 Å². The molecule has 1 heterocycles. The summed E-state index contributed by atoms with van der Waals surface area (Å²) in [6.45, 7) is 3.24. The molecular weight excluding hydrogens is 363 g/mol. The number of halogens is 2. The van der Waals surface area contributed by atoms with Crippen LogP contribution in [0, 0.1) is 5.41 Å². The summed E-state index contributed by atoms with van der Waals surface area (Å²) in [7, 11) is -0.782. The highest BCUT2D eigenvalue weighted by molar-refractivity contribution is 7.89. The molecule has 1 saturated heterocycles. The first-order valence-corrected chi connectivity index (χ1v) is 8.71. The van der Waals surface area contributed by atoms with Crippen molar-refractivity contribution in [3.63, 3.8) is 0 Å². The van der Waals surface area contributed by atoms with Gasteiger partial charge in [-0.1, -0.05) is 18.5 Å². The Morgan fingerprint density at radius 3 is 2.35 bits per heavy atom. The van der Waals surface area contributed by atoms with Gasteiger partial charge in [-0.15, -0.1) is 12.4 Å². The zero-order chi connectivity index (χ0) is 16.5. The minimum atomic E-state index is -3.70. The third-order valence-corrected chi connectivity index (χ3v) is 6.38. The summed E-state index contributed by atoms with van der Waals surface area (Å²) in [5, 5.41) is 0.110. The number of sulfonamides is 1. The van der Waals surface area contributed by atoms with E-state index in [2.05, 4.69) is 0 Å². The Labute approximate surface area is 148 Å². The lowest BCUT2D eigenvalue weighted by Gasteiger charge is -2.23. The molecule has 1 aromatic carbocycles. The summed E-state index contributed by atoms with van der Waals surface area (Å²) in [6, 6.07) is 2.85. The Kier molecular flexibility index (Phi) is 6.57. The summed E-state index contributed by atoms with van der Waals surface area (Å²) < 4.78 is 37.4. The van der Waals surface area contributed by atoms with E-state index in [1.54, 1.807) is 0 Å². The maximum atomic E-state index is 12.8. The predicted molar refractivity (Wildman–Crippen MR) is 92.3 cm³/mol. The van der Waals surface area contributed by atoms with E-state index in [1.165, 1.54) is 30.7 Å². The molecule has 0 saturated carbocycles. The zero-order valence-corrected chi connectivity index (χ0v) is 15.7. The van der Waals surface area contributed by atoms with E-state index in [0.717, 1.165) is 6.42 Å². The Balaban J connectivity index is 0.00000264. The average molecular weight is 385 g/mol. The summed E-state index contributed by atoms with van der Waals surface area (Å²) >= 11 is 6.14. The Morgan fingerprint density at radius 2 is 1.87 bits per heavy atom. The van der Waals surface area contributed by atoms with Crippen molar-refractivity contribution in [3.05, 3.63) is 17.2 Å². The van der Waals surface area contributed by atoms with Crippen LogP contribution in [-0.2, 0) is 10.0 Å². The molecule has 1 fully saturated rings. The van der Waals surface area contributed by atoms with Gasteiger partial charge in [0.05, 0.1) is 19.2 Å². The number of methoxy groups -OCH3 is 2. The van der Waals surface area contributed by atoms with E-state index in [9.17, 15) is 8.42 Å². The maximum Gasteiger partial charge on any atom is 0.244 e.